The molecule has 0 amide bonds. The molecule has 0 radical (unpaired) electrons. The van der Waals surface area contributed by atoms with Gasteiger partial charge in [-0.25, -0.2) is 15.0 Å². The molecule has 0 saturated heterocycles. The average molecular weight is 793 g/mol. The fourth-order valence-electron chi connectivity index (χ4n) is 8.96. The summed E-state index contributed by atoms with van der Waals surface area (Å²) in [5.41, 5.74) is 14.2. The number of aromatic nitrogens is 4. The Bertz CT molecular complexity index is 3610. The van der Waals surface area contributed by atoms with Crippen molar-refractivity contribution in [1.82, 2.24) is 19.5 Å². The van der Waals surface area contributed by atoms with Crippen LogP contribution in [0.2, 0.25) is 0 Å². The maximum absolute atomic E-state index is 6.81. The Balaban J connectivity index is 1.10. The van der Waals surface area contributed by atoms with E-state index in [1.807, 2.05) is 18.2 Å². The van der Waals surface area contributed by atoms with Crippen molar-refractivity contribution in [3.05, 3.63) is 218 Å². The van der Waals surface area contributed by atoms with Gasteiger partial charge >= 0.3 is 0 Å². The van der Waals surface area contributed by atoms with Gasteiger partial charge in [-0.15, -0.1) is 0 Å². The van der Waals surface area contributed by atoms with Crippen molar-refractivity contribution in [2.24, 2.45) is 0 Å². The van der Waals surface area contributed by atoms with Gasteiger partial charge in [0, 0.05) is 38.4 Å². The number of furan rings is 1. The summed E-state index contributed by atoms with van der Waals surface area (Å²) >= 11 is 0. The van der Waals surface area contributed by atoms with Crippen LogP contribution in [0.25, 0.3) is 117 Å². The molecule has 5 heteroatoms. The van der Waals surface area contributed by atoms with Gasteiger partial charge in [-0.1, -0.05) is 182 Å². The van der Waals surface area contributed by atoms with E-state index in [4.69, 9.17) is 19.4 Å². The Morgan fingerprint density at radius 2 is 0.871 bits per heavy atom. The van der Waals surface area contributed by atoms with Crippen molar-refractivity contribution in [2.75, 3.05) is 0 Å². The predicted octanol–water partition coefficient (Wildman–Crippen LogP) is 14.9. The number of hydrogen-bond acceptors (Lipinski definition) is 4. The summed E-state index contributed by atoms with van der Waals surface area (Å²) in [6, 6.07) is 76.1. The van der Waals surface area contributed by atoms with E-state index in [0.29, 0.717) is 17.5 Å². The summed E-state index contributed by atoms with van der Waals surface area (Å²) in [5.74, 6) is 1.78. The highest BCUT2D eigenvalue weighted by molar-refractivity contribution is 6.25. The van der Waals surface area contributed by atoms with E-state index >= 15 is 0 Å². The molecule has 5 nitrogen and oxygen atoms in total. The van der Waals surface area contributed by atoms with Gasteiger partial charge < -0.3 is 8.98 Å². The molecular formula is C57H36N4O. The van der Waals surface area contributed by atoms with E-state index in [-0.39, 0.29) is 0 Å². The van der Waals surface area contributed by atoms with Crippen molar-refractivity contribution in [3.63, 3.8) is 0 Å². The van der Waals surface area contributed by atoms with Crippen LogP contribution < -0.4 is 0 Å². The van der Waals surface area contributed by atoms with Crippen LogP contribution in [-0.2, 0) is 0 Å². The van der Waals surface area contributed by atoms with Crippen LogP contribution in [-0.4, -0.2) is 19.5 Å². The van der Waals surface area contributed by atoms with Crippen LogP contribution in [0.4, 0.5) is 0 Å². The molecule has 0 saturated carbocycles. The number of fused-ring (bicyclic) bond motifs is 7. The Kier molecular flexibility index (Phi) is 8.42. The Labute approximate surface area is 357 Å². The first kappa shape index (κ1) is 35.5. The van der Waals surface area contributed by atoms with E-state index in [1.54, 1.807) is 0 Å². The van der Waals surface area contributed by atoms with Crippen molar-refractivity contribution in [3.8, 4) is 73.2 Å². The quantitative estimate of drug-likeness (QED) is 0.161. The first-order valence-electron chi connectivity index (χ1n) is 20.9. The monoisotopic (exact) mass is 792 g/mol. The van der Waals surface area contributed by atoms with E-state index in [0.717, 1.165) is 99.5 Å². The molecule has 0 fully saturated rings. The van der Waals surface area contributed by atoms with Gasteiger partial charge in [-0.2, -0.15) is 0 Å². The van der Waals surface area contributed by atoms with Gasteiger partial charge in [0.1, 0.15) is 11.2 Å². The van der Waals surface area contributed by atoms with E-state index in [2.05, 4.69) is 205 Å². The molecule has 0 aliphatic rings. The average Bonchev–Trinajstić information content (AvgIpc) is 3.91. The first-order valence-corrected chi connectivity index (χ1v) is 20.9. The van der Waals surface area contributed by atoms with Crippen molar-refractivity contribution in [2.45, 2.75) is 0 Å². The molecule has 0 atom stereocenters. The van der Waals surface area contributed by atoms with Crippen molar-refractivity contribution < 1.29 is 4.42 Å². The van der Waals surface area contributed by atoms with Crippen LogP contribution in [0, 0.1) is 0 Å². The molecule has 290 valence electrons. The van der Waals surface area contributed by atoms with E-state index < -0.39 is 0 Å². The third-order valence-electron chi connectivity index (χ3n) is 11.9. The van der Waals surface area contributed by atoms with Crippen LogP contribution in [0.1, 0.15) is 0 Å². The smallest absolute Gasteiger partial charge is 0.166 e. The van der Waals surface area contributed by atoms with Gasteiger partial charge in [0.2, 0.25) is 0 Å². The third-order valence-corrected chi connectivity index (χ3v) is 11.9. The lowest BCUT2D eigenvalue weighted by Gasteiger charge is -2.15. The second-order valence-electron chi connectivity index (χ2n) is 15.6. The predicted molar refractivity (Wildman–Crippen MR) is 254 cm³/mol. The van der Waals surface area contributed by atoms with Crippen LogP contribution in [0.3, 0.4) is 0 Å². The minimum atomic E-state index is 0.583. The molecule has 12 rings (SSSR count). The summed E-state index contributed by atoms with van der Waals surface area (Å²) in [7, 11) is 0. The second-order valence-corrected chi connectivity index (χ2v) is 15.6. The fourth-order valence-corrected chi connectivity index (χ4v) is 8.96. The number of nitrogens with zero attached hydrogens (tertiary/aromatic N) is 4. The summed E-state index contributed by atoms with van der Waals surface area (Å²) < 4.78 is 9.18. The number of hydrogen-bond donors (Lipinski definition) is 0. The zero-order valence-electron chi connectivity index (χ0n) is 33.5. The molecule has 9 aromatic carbocycles. The Morgan fingerprint density at radius 1 is 0.339 bits per heavy atom. The van der Waals surface area contributed by atoms with E-state index in [1.165, 1.54) is 0 Å². The lowest BCUT2D eigenvalue weighted by Crippen LogP contribution is -2.03. The lowest BCUT2D eigenvalue weighted by atomic mass is 10.0. The molecule has 3 heterocycles. The first-order chi connectivity index (χ1) is 30.7. The molecule has 62 heavy (non-hydrogen) atoms. The fraction of sp³-hybridized carbons (Fsp3) is 0. The summed E-state index contributed by atoms with van der Waals surface area (Å²) in [5, 5.41) is 4.43. The topological polar surface area (TPSA) is 56.7 Å². The summed E-state index contributed by atoms with van der Waals surface area (Å²) in [4.78, 5) is 15.8. The highest BCUT2D eigenvalue weighted by Crippen LogP contribution is 2.44. The molecule has 0 N–H and O–H groups in total. The minimum absolute atomic E-state index is 0.583. The summed E-state index contributed by atoms with van der Waals surface area (Å²) in [6.45, 7) is 0. The normalized spacial score (nSPS) is 11.5. The van der Waals surface area contributed by atoms with Crippen molar-refractivity contribution >= 4 is 43.7 Å². The maximum atomic E-state index is 6.81. The zero-order valence-corrected chi connectivity index (χ0v) is 33.5. The molecule has 0 spiro atoms. The summed E-state index contributed by atoms with van der Waals surface area (Å²) in [6.07, 6.45) is 0. The molecule has 0 aliphatic heterocycles. The third kappa shape index (κ3) is 5.98. The van der Waals surface area contributed by atoms with Crippen LogP contribution in [0.15, 0.2) is 223 Å². The number of rotatable bonds is 7. The van der Waals surface area contributed by atoms with Crippen molar-refractivity contribution in [1.29, 1.82) is 0 Å². The lowest BCUT2D eigenvalue weighted by molar-refractivity contribution is 0.670. The van der Waals surface area contributed by atoms with Gasteiger partial charge in [0.15, 0.2) is 17.5 Å². The van der Waals surface area contributed by atoms with Crippen LogP contribution in [0.5, 0.6) is 0 Å². The molecule has 0 aliphatic carbocycles. The highest BCUT2D eigenvalue weighted by atomic mass is 16.3. The van der Waals surface area contributed by atoms with Gasteiger partial charge in [0.25, 0.3) is 0 Å². The second kappa shape index (κ2) is 14.7. The van der Waals surface area contributed by atoms with Crippen LogP contribution >= 0.6 is 0 Å². The maximum Gasteiger partial charge on any atom is 0.166 e. The number of para-hydroxylation sites is 3. The van der Waals surface area contributed by atoms with Gasteiger partial charge in [0.05, 0.1) is 22.1 Å². The van der Waals surface area contributed by atoms with Gasteiger partial charge in [-0.3, -0.25) is 0 Å². The zero-order chi connectivity index (χ0) is 41.0. The molecule has 0 unspecified atom stereocenters. The largest absolute Gasteiger partial charge is 0.455 e. The molecule has 0 bridgehead atoms. The van der Waals surface area contributed by atoms with E-state index in [9.17, 15) is 0 Å². The number of benzene rings is 9. The molecule has 3 aromatic heterocycles. The minimum Gasteiger partial charge on any atom is -0.455 e. The highest BCUT2D eigenvalue weighted by Gasteiger charge is 2.23. The van der Waals surface area contributed by atoms with Gasteiger partial charge in [-0.05, 0) is 64.2 Å². The Morgan fingerprint density at radius 3 is 1.65 bits per heavy atom. The SMILES string of the molecule is c1ccc(-c2ccc(-c3nc(-c4cccc(-c5ccccc5)c4)nc(-c4ccccc4-n4c5ccccc5c5ccc6oc7c(-c8ccccc8)cccc7c6c54)n3)cc2)cc1. The molecular weight excluding hydrogens is 757 g/mol. The standard InChI is InChI=1S/C57H36N4O/c1-4-16-37(17-5-1)39-30-32-41(33-31-39)55-58-56(43-23-14-22-42(36-43)38-18-6-2-7-19-38)60-57(59-55)47-25-11-13-29-50(47)61-49-28-12-10-24-45(49)46-34-35-51-52(53(46)61)48-27-15-26-44(54(48)62-51)40-20-8-3-9-21-40/h1-36H. The Hall–Kier alpha value is -8.41. The molecule has 12 aromatic rings.